The molecule has 0 aromatic heterocycles. The molecule has 1 unspecified atom stereocenters. The van der Waals surface area contributed by atoms with E-state index in [0.29, 0.717) is 38.7 Å². The fourth-order valence-corrected chi connectivity index (χ4v) is 3.61. The Hall–Kier alpha value is -0.900. The van der Waals surface area contributed by atoms with E-state index in [1.54, 1.807) is 0 Å². The van der Waals surface area contributed by atoms with Gasteiger partial charge in [-0.1, -0.05) is 6.92 Å². The number of aliphatic imine (C=N–C) groups is 1. The molecule has 1 rings (SSSR count). The second kappa shape index (κ2) is 13.3. The lowest BCUT2D eigenvalue weighted by molar-refractivity contribution is 0.0893. The molecule has 0 aromatic carbocycles. The molecule has 1 aliphatic heterocycles. The molecular formula is C17H36N4O4S. The average molecular weight is 393 g/mol. The van der Waals surface area contributed by atoms with Crippen LogP contribution in [0.15, 0.2) is 4.99 Å². The van der Waals surface area contributed by atoms with Crippen LogP contribution in [0.2, 0.25) is 0 Å². The zero-order valence-corrected chi connectivity index (χ0v) is 17.3. The molecule has 1 heterocycles. The Balaban J connectivity index is 2.17. The normalized spacial score (nSPS) is 18.5. The largest absolute Gasteiger partial charge is 0.381 e. The van der Waals surface area contributed by atoms with Crippen LogP contribution in [0.3, 0.4) is 0 Å². The van der Waals surface area contributed by atoms with Crippen molar-refractivity contribution < 1.29 is 17.9 Å². The maximum Gasteiger partial charge on any atom is 0.211 e. The topological polar surface area (TPSA) is 92.3 Å². The van der Waals surface area contributed by atoms with E-state index in [0.717, 1.165) is 51.6 Å². The van der Waals surface area contributed by atoms with Crippen molar-refractivity contribution in [3.05, 3.63) is 0 Å². The van der Waals surface area contributed by atoms with Gasteiger partial charge < -0.3 is 20.1 Å². The summed E-state index contributed by atoms with van der Waals surface area (Å²) in [4.78, 5) is 4.53. The van der Waals surface area contributed by atoms with Crippen molar-refractivity contribution in [3.8, 4) is 0 Å². The van der Waals surface area contributed by atoms with Crippen molar-refractivity contribution in [2.24, 2.45) is 10.9 Å². The SMILES string of the molecule is CCNC(=NCCCOCC1CCOC1)NCCCN(CC)S(C)(=O)=O. The van der Waals surface area contributed by atoms with Crippen molar-refractivity contribution in [1.29, 1.82) is 0 Å². The highest BCUT2D eigenvalue weighted by Crippen LogP contribution is 2.12. The molecule has 9 heteroatoms. The van der Waals surface area contributed by atoms with Crippen LogP contribution in [0.4, 0.5) is 0 Å². The van der Waals surface area contributed by atoms with Crippen molar-refractivity contribution in [3.63, 3.8) is 0 Å². The minimum absolute atomic E-state index is 0.500. The smallest absolute Gasteiger partial charge is 0.211 e. The fourth-order valence-electron chi connectivity index (χ4n) is 2.68. The fraction of sp³-hybridized carbons (Fsp3) is 0.941. The Morgan fingerprint density at radius 3 is 2.73 bits per heavy atom. The Morgan fingerprint density at radius 1 is 1.31 bits per heavy atom. The van der Waals surface area contributed by atoms with Gasteiger partial charge in [-0.3, -0.25) is 4.99 Å². The molecule has 0 aromatic rings. The quantitative estimate of drug-likeness (QED) is 0.272. The molecule has 1 saturated heterocycles. The average Bonchev–Trinajstić information content (AvgIpc) is 3.10. The van der Waals surface area contributed by atoms with Gasteiger partial charge in [0.05, 0.1) is 19.5 Å². The van der Waals surface area contributed by atoms with Gasteiger partial charge in [-0.05, 0) is 26.2 Å². The van der Waals surface area contributed by atoms with E-state index >= 15 is 0 Å². The number of hydrogen-bond donors (Lipinski definition) is 2. The van der Waals surface area contributed by atoms with Crippen LogP contribution in [-0.4, -0.2) is 84.1 Å². The summed E-state index contributed by atoms with van der Waals surface area (Å²) >= 11 is 0. The lowest BCUT2D eigenvalue weighted by Crippen LogP contribution is -2.39. The lowest BCUT2D eigenvalue weighted by Gasteiger charge is -2.18. The predicted octanol–water partition coefficient (Wildman–Crippen LogP) is 0.656. The second-order valence-electron chi connectivity index (χ2n) is 6.45. The Kier molecular flexibility index (Phi) is 11.8. The monoisotopic (exact) mass is 392 g/mol. The van der Waals surface area contributed by atoms with E-state index in [4.69, 9.17) is 9.47 Å². The van der Waals surface area contributed by atoms with Crippen LogP contribution < -0.4 is 10.6 Å². The van der Waals surface area contributed by atoms with Gasteiger partial charge in [0, 0.05) is 51.9 Å². The van der Waals surface area contributed by atoms with Gasteiger partial charge >= 0.3 is 0 Å². The zero-order valence-electron chi connectivity index (χ0n) is 16.5. The van der Waals surface area contributed by atoms with Gasteiger partial charge in [0.25, 0.3) is 0 Å². The zero-order chi connectivity index (χ0) is 19.3. The molecule has 0 radical (unpaired) electrons. The van der Waals surface area contributed by atoms with Crippen LogP contribution in [0.5, 0.6) is 0 Å². The molecule has 0 aliphatic carbocycles. The summed E-state index contributed by atoms with van der Waals surface area (Å²) in [5, 5.41) is 6.45. The maximum atomic E-state index is 11.6. The van der Waals surface area contributed by atoms with Crippen molar-refractivity contribution >= 4 is 16.0 Å². The standard InChI is InChI=1S/C17H36N4O4S/c1-4-18-17(19-9-6-11-21(5-2)26(3,22)23)20-10-7-12-24-14-16-8-13-25-15-16/h16H,4-15H2,1-3H3,(H2,18,19,20). The molecule has 2 N–H and O–H groups in total. The first-order chi connectivity index (χ1) is 12.5. The molecule has 26 heavy (non-hydrogen) atoms. The number of rotatable bonds is 13. The molecule has 1 atom stereocenters. The van der Waals surface area contributed by atoms with Crippen LogP contribution >= 0.6 is 0 Å². The summed E-state index contributed by atoms with van der Waals surface area (Å²) in [6.07, 6.45) is 3.96. The third kappa shape index (κ3) is 10.3. The predicted molar refractivity (Wildman–Crippen MR) is 105 cm³/mol. The maximum absolute atomic E-state index is 11.6. The van der Waals surface area contributed by atoms with Gasteiger partial charge in [-0.15, -0.1) is 0 Å². The van der Waals surface area contributed by atoms with Crippen molar-refractivity contribution in [2.45, 2.75) is 33.1 Å². The summed E-state index contributed by atoms with van der Waals surface area (Å²) in [6.45, 7) is 10.2. The van der Waals surface area contributed by atoms with Crippen LogP contribution in [0, 0.1) is 5.92 Å². The first-order valence-electron chi connectivity index (χ1n) is 9.60. The Bertz CT molecular complexity index is 493. The number of sulfonamides is 1. The number of nitrogens with one attached hydrogen (secondary N) is 2. The van der Waals surface area contributed by atoms with E-state index in [1.165, 1.54) is 10.6 Å². The minimum Gasteiger partial charge on any atom is -0.381 e. The van der Waals surface area contributed by atoms with Crippen LogP contribution in [0.25, 0.3) is 0 Å². The van der Waals surface area contributed by atoms with E-state index in [1.807, 2.05) is 13.8 Å². The number of ether oxygens (including phenoxy) is 2. The van der Waals surface area contributed by atoms with Crippen LogP contribution in [-0.2, 0) is 19.5 Å². The van der Waals surface area contributed by atoms with E-state index < -0.39 is 10.0 Å². The summed E-state index contributed by atoms with van der Waals surface area (Å²) in [5.41, 5.74) is 0. The first-order valence-corrected chi connectivity index (χ1v) is 11.4. The molecule has 154 valence electrons. The molecule has 1 fully saturated rings. The Labute approximate surface area is 158 Å². The summed E-state index contributed by atoms with van der Waals surface area (Å²) < 4.78 is 35.6. The second-order valence-corrected chi connectivity index (χ2v) is 8.44. The van der Waals surface area contributed by atoms with Gasteiger partial charge in [-0.25, -0.2) is 12.7 Å². The molecule has 0 saturated carbocycles. The third-order valence-corrected chi connectivity index (χ3v) is 5.52. The first kappa shape index (κ1) is 23.1. The van der Waals surface area contributed by atoms with Gasteiger partial charge in [-0.2, -0.15) is 0 Å². The van der Waals surface area contributed by atoms with Crippen LogP contribution in [0.1, 0.15) is 33.1 Å². The van der Waals surface area contributed by atoms with Crippen molar-refractivity contribution in [2.75, 3.05) is 65.4 Å². The number of guanidine groups is 1. The molecular weight excluding hydrogens is 356 g/mol. The van der Waals surface area contributed by atoms with Gasteiger partial charge in [0.1, 0.15) is 0 Å². The Morgan fingerprint density at radius 2 is 2.12 bits per heavy atom. The molecule has 0 amide bonds. The number of nitrogens with zero attached hydrogens (tertiary/aromatic N) is 2. The molecule has 0 spiro atoms. The third-order valence-electron chi connectivity index (χ3n) is 4.14. The minimum atomic E-state index is -3.12. The van der Waals surface area contributed by atoms with Gasteiger partial charge in [0.2, 0.25) is 10.0 Å². The van der Waals surface area contributed by atoms with Gasteiger partial charge in [0.15, 0.2) is 5.96 Å². The highest BCUT2D eigenvalue weighted by Gasteiger charge is 2.15. The summed E-state index contributed by atoms with van der Waals surface area (Å²) in [5.74, 6) is 1.31. The van der Waals surface area contributed by atoms with E-state index in [2.05, 4.69) is 15.6 Å². The summed E-state index contributed by atoms with van der Waals surface area (Å²) in [7, 11) is -3.12. The van der Waals surface area contributed by atoms with E-state index in [9.17, 15) is 8.42 Å². The summed E-state index contributed by atoms with van der Waals surface area (Å²) in [6, 6.07) is 0. The highest BCUT2D eigenvalue weighted by molar-refractivity contribution is 7.88. The lowest BCUT2D eigenvalue weighted by atomic mass is 10.1. The molecule has 1 aliphatic rings. The highest BCUT2D eigenvalue weighted by atomic mass is 32.2. The molecule has 0 bridgehead atoms. The van der Waals surface area contributed by atoms with E-state index in [-0.39, 0.29) is 0 Å². The van der Waals surface area contributed by atoms with Crippen molar-refractivity contribution in [1.82, 2.24) is 14.9 Å². The molecule has 8 nitrogen and oxygen atoms in total. The number of hydrogen-bond acceptors (Lipinski definition) is 5.